The lowest BCUT2D eigenvalue weighted by atomic mass is 10.2. The first-order valence-corrected chi connectivity index (χ1v) is 6.83. The maximum absolute atomic E-state index is 11.1. The van der Waals surface area contributed by atoms with Crippen LogP contribution in [0.2, 0.25) is 0 Å². The van der Waals surface area contributed by atoms with Crippen molar-refractivity contribution in [2.75, 3.05) is 26.4 Å². The highest BCUT2D eigenvalue weighted by atomic mass is 16.7. The molecule has 0 saturated carbocycles. The number of carbonyl (C=O) groups is 1. The average Bonchev–Trinajstić information content (AvgIpc) is 2.46. The quantitative estimate of drug-likeness (QED) is 0.488. The number of carbonyl (C=O) groups excluding carboxylic acids is 1. The van der Waals surface area contributed by atoms with E-state index in [4.69, 9.17) is 18.9 Å². The largest absolute Gasteiger partial charge is 0.490 e. The van der Waals surface area contributed by atoms with E-state index < -0.39 is 6.29 Å². The molecule has 0 aliphatic carbocycles. The third kappa shape index (κ3) is 4.83. The van der Waals surface area contributed by atoms with E-state index in [1.807, 2.05) is 20.8 Å². The van der Waals surface area contributed by atoms with Gasteiger partial charge in [-0.05, 0) is 32.9 Å². The first-order valence-electron chi connectivity index (χ1n) is 6.83. The molecule has 1 aromatic rings. The lowest BCUT2D eigenvalue weighted by Gasteiger charge is -2.19. The topological polar surface area (TPSA) is 54.0 Å². The molecule has 0 heterocycles. The molecule has 0 N–H and O–H groups in total. The highest BCUT2D eigenvalue weighted by Gasteiger charge is 2.14. The van der Waals surface area contributed by atoms with Crippen molar-refractivity contribution in [3.63, 3.8) is 0 Å². The number of hydrogen-bond acceptors (Lipinski definition) is 5. The van der Waals surface area contributed by atoms with Crippen LogP contribution in [0.3, 0.4) is 0 Å². The van der Waals surface area contributed by atoms with E-state index in [1.54, 1.807) is 18.2 Å². The normalized spacial score (nSPS) is 10.6. The third-order valence-electron chi connectivity index (χ3n) is 2.51. The fourth-order valence-electron chi connectivity index (χ4n) is 1.72. The molecular weight excluding hydrogens is 260 g/mol. The predicted octanol–water partition coefficient (Wildman–Crippen LogP) is 2.68. The van der Waals surface area contributed by atoms with E-state index in [2.05, 4.69) is 0 Å². The molecule has 1 aromatic carbocycles. The summed E-state index contributed by atoms with van der Waals surface area (Å²) in [5.74, 6) is 0.970. The lowest BCUT2D eigenvalue weighted by molar-refractivity contribution is -0.152. The third-order valence-corrected chi connectivity index (χ3v) is 2.51. The van der Waals surface area contributed by atoms with E-state index >= 15 is 0 Å². The molecule has 5 nitrogen and oxygen atoms in total. The average molecular weight is 282 g/mol. The standard InChI is InChI=1S/C15H22O5/c1-4-17-13-9-7-8-12(10-16)15(13)20-11-14(18-5-2)19-6-3/h7-10,14H,4-6,11H2,1-3H3. The van der Waals surface area contributed by atoms with Crippen molar-refractivity contribution in [3.8, 4) is 11.5 Å². The summed E-state index contributed by atoms with van der Waals surface area (Å²) in [4.78, 5) is 11.1. The van der Waals surface area contributed by atoms with Crippen LogP contribution in [0.25, 0.3) is 0 Å². The Labute approximate surface area is 119 Å². The van der Waals surface area contributed by atoms with Crippen LogP contribution in [-0.4, -0.2) is 39.0 Å². The second-order valence-electron chi connectivity index (χ2n) is 3.88. The maximum atomic E-state index is 11.1. The van der Waals surface area contributed by atoms with Crippen molar-refractivity contribution in [2.24, 2.45) is 0 Å². The van der Waals surface area contributed by atoms with Gasteiger partial charge in [-0.25, -0.2) is 0 Å². The van der Waals surface area contributed by atoms with Gasteiger partial charge in [-0.2, -0.15) is 0 Å². The number of aldehydes is 1. The molecule has 20 heavy (non-hydrogen) atoms. The smallest absolute Gasteiger partial charge is 0.191 e. The van der Waals surface area contributed by atoms with E-state index in [9.17, 15) is 4.79 Å². The summed E-state index contributed by atoms with van der Waals surface area (Å²) in [6.45, 7) is 7.41. The molecule has 0 fully saturated rings. The lowest BCUT2D eigenvalue weighted by Crippen LogP contribution is -2.25. The molecule has 0 saturated heterocycles. The Balaban J connectivity index is 2.80. The maximum Gasteiger partial charge on any atom is 0.191 e. The van der Waals surface area contributed by atoms with Crippen LogP contribution >= 0.6 is 0 Å². The zero-order valence-corrected chi connectivity index (χ0v) is 12.3. The van der Waals surface area contributed by atoms with Crippen molar-refractivity contribution in [1.29, 1.82) is 0 Å². The van der Waals surface area contributed by atoms with Gasteiger partial charge in [0, 0.05) is 13.2 Å². The first-order chi connectivity index (χ1) is 9.76. The van der Waals surface area contributed by atoms with Crippen molar-refractivity contribution in [2.45, 2.75) is 27.1 Å². The van der Waals surface area contributed by atoms with Crippen LogP contribution in [0.5, 0.6) is 11.5 Å². The summed E-state index contributed by atoms with van der Waals surface area (Å²) in [5.41, 5.74) is 0.447. The Hall–Kier alpha value is -1.59. The SMILES string of the molecule is CCOc1cccc(C=O)c1OCC(OCC)OCC. The molecule has 0 spiro atoms. The van der Waals surface area contributed by atoms with Crippen molar-refractivity contribution in [3.05, 3.63) is 23.8 Å². The van der Waals surface area contributed by atoms with Gasteiger partial charge in [0.2, 0.25) is 0 Å². The molecule has 0 aromatic heterocycles. The molecule has 0 radical (unpaired) electrons. The minimum atomic E-state index is -0.459. The number of ether oxygens (including phenoxy) is 4. The van der Waals surface area contributed by atoms with Crippen LogP contribution in [-0.2, 0) is 9.47 Å². The molecule has 0 atom stereocenters. The molecule has 0 aliphatic heterocycles. The Morgan fingerprint density at radius 2 is 1.75 bits per heavy atom. The van der Waals surface area contributed by atoms with E-state index in [1.165, 1.54) is 0 Å². The van der Waals surface area contributed by atoms with E-state index in [-0.39, 0.29) is 6.61 Å². The fourth-order valence-corrected chi connectivity index (χ4v) is 1.72. The van der Waals surface area contributed by atoms with Crippen LogP contribution in [0, 0.1) is 0 Å². The minimum Gasteiger partial charge on any atom is -0.490 e. The van der Waals surface area contributed by atoms with Gasteiger partial charge in [0.05, 0.1) is 12.2 Å². The van der Waals surface area contributed by atoms with Crippen LogP contribution in [0.15, 0.2) is 18.2 Å². The molecule has 0 unspecified atom stereocenters. The second-order valence-corrected chi connectivity index (χ2v) is 3.88. The summed E-state index contributed by atoms with van der Waals surface area (Å²) < 4.78 is 21.9. The summed E-state index contributed by atoms with van der Waals surface area (Å²) in [6, 6.07) is 5.20. The summed E-state index contributed by atoms with van der Waals surface area (Å²) in [7, 11) is 0. The van der Waals surface area contributed by atoms with E-state index in [0.717, 1.165) is 6.29 Å². The highest BCUT2D eigenvalue weighted by Crippen LogP contribution is 2.30. The van der Waals surface area contributed by atoms with Gasteiger partial charge < -0.3 is 18.9 Å². The van der Waals surface area contributed by atoms with Crippen LogP contribution < -0.4 is 9.47 Å². The van der Waals surface area contributed by atoms with Crippen LogP contribution in [0.4, 0.5) is 0 Å². The fraction of sp³-hybridized carbons (Fsp3) is 0.533. The molecule has 5 heteroatoms. The van der Waals surface area contributed by atoms with Gasteiger partial charge in [-0.3, -0.25) is 4.79 Å². The molecule has 0 aliphatic rings. The van der Waals surface area contributed by atoms with Gasteiger partial charge in [0.15, 0.2) is 24.1 Å². The molecule has 1 rings (SSSR count). The number of para-hydroxylation sites is 1. The summed E-state index contributed by atoms with van der Waals surface area (Å²) in [5, 5.41) is 0. The van der Waals surface area contributed by atoms with Gasteiger partial charge >= 0.3 is 0 Å². The monoisotopic (exact) mass is 282 g/mol. The summed E-state index contributed by atoms with van der Waals surface area (Å²) in [6.07, 6.45) is 0.285. The summed E-state index contributed by atoms with van der Waals surface area (Å²) >= 11 is 0. The van der Waals surface area contributed by atoms with Gasteiger partial charge in [-0.15, -0.1) is 0 Å². The zero-order chi connectivity index (χ0) is 14.8. The van der Waals surface area contributed by atoms with Crippen LogP contribution in [0.1, 0.15) is 31.1 Å². The van der Waals surface area contributed by atoms with Gasteiger partial charge in [-0.1, -0.05) is 6.07 Å². The molecule has 0 bridgehead atoms. The number of rotatable bonds is 10. The van der Waals surface area contributed by atoms with Crippen molar-refractivity contribution >= 4 is 6.29 Å². The number of benzene rings is 1. The Kier molecular flexibility index (Phi) is 7.69. The Bertz CT molecular complexity index is 399. The van der Waals surface area contributed by atoms with Crippen molar-refractivity contribution in [1.82, 2.24) is 0 Å². The van der Waals surface area contributed by atoms with Gasteiger partial charge in [0.1, 0.15) is 6.61 Å². The second kappa shape index (κ2) is 9.34. The minimum absolute atomic E-state index is 0.201. The number of hydrogen-bond donors (Lipinski definition) is 0. The van der Waals surface area contributed by atoms with E-state index in [0.29, 0.717) is 36.9 Å². The Morgan fingerprint density at radius 1 is 1.05 bits per heavy atom. The molecule has 112 valence electrons. The zero-order valence-electron chi connectivity index (χ0n) is 12.3. The molecular formula is C15H22O5. The van der Waals surface area contributed by atoms with Gasteiger partial charge in [0.25, 0.3) is 0 Å². The molecule has 0 amide bonds. The van der Waals surface area contributed by atoms with Crippen molar-refractivity contribution < 1.29 is 23.7 Å². The highest BCUT2D eigenvalue weighted by molar-refractivity contribution is 5.81. The first kappa shape index (κ1) is 16.5. The predicted molar refractivity (Wildman–Crippen MR) is 75.5 cm³/mol. The Morgan fingerprint density at radius 3 is 2.30 bits per heavy atom.